The van der Waals surface area contributed by atoms with Crippen molar-refractivity contribution in [3.63, 3.8) is 0 Å². The number of nitrogens with one attached hydrogen (secondary N) is 1. The number of amides is 2. The van der Waals surface area contributed by atoms with Crippen LogP contribution in [0.5, 0.6) is 0 Å². The van der Waals surface area contributed by atoms with E-state index in [0.717, 1.165) is 19.3 Å². The Balaban J connectivity index is 2.12. The number of hydrogen-bond acceptors (Lipinski definition) is 3. The minimum atomic E-state index is -0.702. The summed E-state index contributed by atoms with van der Waals surface area (Å²) in [6.45, 7) is 4.02. The van der Waals surface area contributed by atoms with E-state index in [9.17, 15) is 9.59 Å². The molecule has 3 unspecified atom stereocenters. The summed E-state index contributed by atoms with van der Waals surface area (Å²) >= 11 is 1.87. The van der Waals surface area contributed by atoms with Crippen LogP contribution in [0.3, 0.4) is 0 Å². The van der Waals surface area contributed by atoms with Crippen molar-refractivity contribution in [1.82, 2.24) is 10.2 Å². The Bertz CT molecular complexity index is 361. The van der Waals surface area contributed by atoms with E-state index >= 15 is 0 Å². The second-order valence-electron chi connectivity index (χ2n) is 5.49. The number of piperazine rings is 1. The van der Waals surface area contributed by atoms with Gasteiger partial charge < -0.3 is 10.2 Å². The van der Waals surface area contributed by atoms with E-state index in [2.05, 4.69) is 11.6 Å². The van der Waals surface area contributed by atoms with Crippen molar-refractivity contribution in [3.05, 3.63) is 0 Å². The number of thioether (sulfide) groups is 1. The molecule has 0 radical (unpaired) electrons. The summed E-state index contributed by atoms with van der Waals surface area (Å²) in [7, 11) is 0. The van der Waals surface area contributed by atoms with E-state index in [1.54, 1.807) is 0 Å². The Hall–Kier alpha value is -0.710. The van der Waals surface area contributed by atoms with Gasteiger partial charge in [-0.15, -0.1) is 0 Å². The molecule has 1 aliphatic carbocycles. The van der Waals surface area contributed by atoms with Crippen molar-refractivity contribution in [3.8, 4) is 0 Å². The van der Waals surface area contributed by atoms with Crippen LogP contribution in [0.4, 0.5) is 0 Å². The first kappa shape index (κ1) is 13.7. The van der Waals surface area contributed by atoms with Crippen LogP contribution in [0.2, 0.25) is 0 Å². The fourth-order valence-electron chi connectivity index (χ4n) is 2.89. The quantitative estimate of drug-likeness (QED) is 0.843. The maximum Gasteiger partial charge on any atom is 0.248 e. The van der Waals surface area contributed by atoms with Crippen molar-refractivity contribution < 1.29 is 9.59 Å². The van der Waals surface area contributed by atoms with Gasteiger partial charge in [-0.2, -0.15) is 11.8 Å². The van der Waals surface area contributed by atoms with E-state index < -0.39 is 5.54 Å². The van der Waals surface area contributed by atoms with Crippen LogP contribution in [0.25, 0.3) is 0 Å². The van der Waals surface area contributed by atoms with E-state index in [-0.39, 0.29) is 24.4 Å². The van der Waals surface area contributed by atoms with Gasteiger partial charge in [-0.3, -0.25) is 9.59 Å². The lowest BCUT2D eigenvalue weighted by molar-refractivity contribution is -0.151. The van der Waals surface area contributed by atoms with Crippen molar-refractivity contribution >= 4 is 23.6 Å². The van der Waals surface area contributed by atoms with Crippen molar-refractivity contribution in [1.29, 1.82) is 0 Å². The highest BCUT2D eigenvalue weighted by Gasteiger charge is 2.45. The smallest absolute Gasteiger partial charge is 0.248 e. The molecule has 0 spiro atoms. The SMILES string of the molecule is CCC1(C)NC(=O)CN(C2CCC(SC)C2)C1=O. The van der Waals surface area contributed by atoms with Crippen LogP contribution >= 0.6 is 11.8 Å². The monoisotopic (exact) mass is 270 g/mol. The van der Waals surface area contributed by atoms with Crippen LogP contribution in [0, 0.1) is 0 Å². The maximum absolute atomic E-state index is 12.5. The van der Waals surface area contributed by atoms with Gasteiger partial charge in [0.1, 0.15) is 5.54 Å². The first-order valence-corrected chi connectivity index (χ1v) is 7.94. The van der Waals surface area contributed by atoms with Crippen LogP contribution < -0.4 is 5.32 Å². The molecule has 102 valence electrons. The van der Waals surface area contributed by atoms with Gasteiger partial charge in [-0.05, 0) is 38.9 Å². The molecule has 0 aromatic heterocycles. The van der Waals surface area contributed by atoms with Crippen LogP contribution in [0.15, 0.2) is 0 Å². The van der Waals surface area contributed by atoms with Gasteiger partial charge in [-0.1, -0.05) is 6.92 Å². The zero-order valence-corrected chi connectivity index (χ0v) is 12.2. The molecular weight excluding hydrogens is 248 g/mol. The summed E-state index contributed by atoms with van der Waals surface area (Å²) < 4.78 is 0. The standard InChI is InChI=1S/C13H22N2O2S/c1-4-13(2)12(17)15(8-11(16)14-13)9-5-6-10(7-9)18-3/h9-10H,4-8H2,1-3H3,(H,14,16). The van der Waals surface area contributed by atoms with Crippen LogP contribution in [-0.4, -0.2) is 46.3 Å². The van der Waals surface area contributed by atoms with E-state index in [0.29, 0.717) is 11.7 Å². The molecule has 0 bridgehead atoms. The molecule has 2 aliphatic rings. The predicted molar refractivity (Wildman–Crippen MR) is 73.5 cm³/mol. The largest absolute Gasteiger partial charge is 0.340 e. The third-order valence-corrected chi connectivity index (χ3v) is 5.40. The first-order valence-electron chi connectivity index (χ1n) is 6.65. The highest BCUT2D eigenvalue weighted by atomic mass is 32.2. The van der Waals surface area contributed by atoms with E-state index in [1.165, 1.54) is 0 Å². The molecule has 3 atom stereocenters. The van der Waals surface area contributed by atoms with Gasteiger partial charge in [0.2, 0.25) is 11.8 Å². The first-order chi connectivity index (χ1) is 8.50. The molecule has 18 heavy (non-hydrogen) atoms. The van der Waals surface area contributed by atoms with Crippen molar-refractivity contribution in [2.24, 2.45) is 0 Å². The molecule has 5 heteroatoms. The lowest BCUT2D eigenvalue weighted by Gasteiger charge is -2.42. The number of rotatable bonds is 3. The molecule has 1 N–H and O–H groups in total. The fourth-order valence-corrected chi connectivity index (χ4v) is 3.68. The Labute approximate surface area is 113 Å². The second-order valence-corrected chi connectivity index (χ2v) is 6.63. The number of carbonyl (C=O) groups excluding carboxylic acids is 2. The lowest BCUT2D eigenvalue weighted by Crippen LogP contribution is -2.66. The van der Waals surface area contributed by atoms with Crippen molar-refractivity contribution in [2.45, 2.75) is 56.4 Å². The highest BCUT2D eigenvalue weighted by Crippen LogP contribution is 2.33. The summed E-state index contributed by atoms with van der Waals surface area (Å²) in [6.07, 6.45) is 5.98. The Morgan fingerprint density at radius 1 is 1.44 bits per heavy atom. The van der Waals surface area contributed by atoms with Crippen LogP contribution in [0.1, 0.15) is 39.5 Å². The van der Waals surface area contributed by atoms with Gasteiger partial charge in [0, 0.05) is 11.3 Å². The summed E-state index contributed by atoms with van der Waals surface area (Å²) in [5.41, 5.74) is -0.702. The Morgan fingerprint density at radius 3 is 2.72 bits per heavy atom. The zero-order chi connectivity index (χ0) is 13.3. The Morgan fingerprint density at radius 2 is 2.17 bits per heavy atom. The van der Waals surface area contributed by atoms with Crippen LogP contribution in [-0.2, 0) is 9.59 Å². The maximum atomic E-state index is 12.5. The number of carbonyl (C=O) groups is 2. The predicted octanol–water partition coefficient (Wildman–Crippen LogP) is 1.40. The molecule has 1 saturated carbocycles. The zero-order valence-electron chi connectivity index (χ0n) is 11.4. The Kier molecular flexibility index (Phi) is 3.90. The molecule has 0 aromatic rings. The third-order valence-electron chi connectivity index (χ3n) is 4.30. The summed E-state index contributed by atoms with van der Waals surface area (Å²) in [5, 5.41) is 3.47. The molecule has 1 saturated heterocycles. The van der Waals surface area contributed by atoms with E-state index in [4.69, 9.17) is 0 Å². The van der Waals surface area contributed by atoms with Gasteiger partial charge in [-0.25, -0.2) is 0 Å². The minimum Gasteiger partial charge on any atom is -0.340 e. The molecule has 2 rings (SSSR count). The fraction of sp³-hybridized carbons (Fsp3) is 0.846. The molecular formula is C13H22N2O2S. The number of hydrogen-bond donors (Lipinski definition) is 1. The molecule has 1 heterocycles. The third kappa shape index (κ3) is 2.37. The molecule has 2 amide bonds. The average molecular weight is 270 g/mol. The van der Waals surface area contributed by atoms with Gasteiger partial charge in [0.05, 0.1) is 6.54 Å². The topological polar surface area (TPSA) is 49.4 Å². The highest BCUT2D eigenvalue weighted by molar-refractivity contribution is 7.99. The summed E-state index contributed by atoms with van der Waals surface area (Å²) in [4.78, 5) is 26.1. The molecule has 0 aromatic carbocycles. The molecule has 4 nitrogen and oxygen atoms in total. The van der Waals surface area contributed by atoms with Gasteiger partial charge in [0.15, 0.2) is 0 Å². The van der Waals surface area contributed by atoms with Gasteiger partial charge >= 0.3 is 0 Å². The number of nitrogens with zero attached hydrogens (tertiary/aromatic N) is 1. The second kappa shape index (κ2) is 5.11. The summed E-state index contributed by atoms with van der Waals surface area (Å²) in [6, 6.07) is 0.256. The average Bonchev–Trinajstić information content (AvgIpc) is 2.82. The molecule has 2 fully saturated rings. The normalized spacial score (nSPS) is 36.9. The van der Waals surface area contributed by atoms with Crippen molar-refractivity contribution in [2.75, 3.05) is 12.8 Å². The van der Waals surface area contributed by atoms with Gasteiger partial charge in [0.25, 0.3) is 0 Å². The lowest BCUT2D eigenvalue weighted by atomic mass is 9.93. The summed E-state index contributed by atoms with van der Waals surface area (Å²) in [5.74, 6) is 0.0721. The van der Waals surface area contributed by atoms with E-state index in [1.807, 2.05) is 30.5 Å². The minimum absolute atomic E-state index is 0.0217. The molecule has 1 aliphatic heterocycles.